The summed E-state index contributed by atoms with van der Waals surface area (Å²) in [5, 5.41) is 6.40. The van der Waals surface area contributed by atoms with Crippen LogP contribution < -0.4 is 15.4 Å². The van der Waals surface area contributed by atoms with Gasteiger partial charge >= 0.3 is 6.36 Å². The maximum absolute atomic E-state index is 12.5. The lowest BCUT2D eigenvalue weighted by atomic mass is 10.1. The summed E-state index contributed by atoms with van der Waals surface area (Å²) in [5.41, 5.74) is 0.559. The van der Waals surface area contributed by atoms with Crippen molar-refractivity contribution >= 4 is 29.9 Å². The van der Waals surface area contributed by atoms with Crippen LogP contribution in [0.1, 0.15) is 31.2 Å². The number of para-hydroxylation sites is 1. The summed E-state index contributed by atoms with van der Waals surface area (Å²) in [6, 6.07) is 6.31. The van der Waals surface area contributed by atoms with Gasteiger partial charge in [0.2, 0.25) is 0 Å². The molecule has 5 nitrogen and oxygen atoms in total. The second-order valence-electron chi connectivity index (χ2n) is 5.73. The molecule has 1 aromatic carbocycles. The Hall–Kier alpha value is -1.23. The summed E-state index contributed by atoms with van der Waals surface area (Å²) in [5.74, 6) is 0.475. The van der Waals surface area contributed by atoms with Gasteiger partial charge in [-0.3, -0.25) is 4.99 Å². The Labute approximate surface area is 168 Å². The van der Waals surface area contributed by atoms with E-state index in [2.05, 4.69) is 20.4 Å². The number of rotatable bonds is 8. The summed E-state index contributed by atoms with van der Waals surface area (Å²) in [6.07, 6.45) is -3.10. The number of alkyl halides is 3. The first kappa shape index (κ1) is 22.8. The van der Waals surface area contributed by atoms with Gasteiger partial charge in [0, 0.05) is 38.8 Å². The van der Waals surface area contributed by atoms with Crippen LogP contribution in [0.25, 0.3) is 0 Å². The van der Waals surface area contributed by atoms with Crippen molar-refractivity contribution in [3.8, 4) is 5.75 Å². The number of guanidine groups is 1. The lowest BCUT2D eigenvalue weighted by molar-refractivity contribution is -0.274. The van der Waals surface area contributed by atoms with Gasteiger partial charge in [-0.05, 0) is 31.4 Å². The van der Waals surface area contributed by atoms with Crippen molar-refractivity contribution in [2.24, 2.45) is 4.99 Å². The van der Waals surface area contributed by atoms with Crippen molar-refractivity contribution in [3.05, 3.63) is 29.8 Å². The first-order valence-corrected chi connectivity index (χ1v) is 8.34. The Morgan fingerprint density at radius 1 is 1.31 bits per heavy atom. The number of aliphatic imine (C=N–C) groups is 1. The largest absolute Gasteiger partial charge is 0.573 e. The van der Waals surface area contributed by atoms with Crippen LogP contribution in [0.15, 0.2) is 29.3 Å². The third-order valence-corrected chi connectivity index (χ3v) is 3.84. The van der Waals surface area contributed by atoms with Crippen molar-refractivity contribution < 1.29 is 22.6 Å². The standard InChI is InChI=1S/C17H24F3N3O2.HI/c1-3-24-10-6-9-22-16(21-2)23-14-11-13(14)12-7-4-5-8-15(12)25-17(18,19)20;/h4-5,7-8,13-14H,3,6,9-11H2,1-2H3,(H2,21,22,23);1H. The van der Waals surface area contributed by atoms with Crippen LogP contribution in [0, 0.1) is 0 Å². The van der Waals surface area contributed by atoms with E-state index in [0.29, 0.717) is 31.3 Å². The fraction of sp³-hybridized carbons (Fsp3) is 0.588. The van der Waals surface area contributed by atoms with E-state index in [9.17, 15) is 13.2 Å². The Morgan fingerprint density at radius 3 is 2.69 bits per heavy atom. The highest BCUT2D eigenvalue weighted by Gasteiger charge is 2.42. The molecule has 26 heavy (non-hydrogen) atoms. The highest BCUT2D eigenvalue weighted by Crippen LogP contribution is 2.45. The van der Waals surface area contributed by atoms with Gasteiger partial charge in [-0.1, -0.05) is 18.2 Å². The molecular formula is C17H25F3IN3O2. The predicted molar refractivity (Wildman–Crippen MR) is 105 cm³/mol. The molecule has 0 spiro atoms. The summed E-state index contributed by atoms with van der Waals surface area (Å²) in [4.78, 5) is 4.14. The fourth-order valence-electron chi connectivity index (χ4n) is 2.60. The van der Waals surface area contributed by atoms with Crippen molar-refractivity contribution in [1.29, 1.82) is 0 Å². The molecule has 1 aliphatic carbocycles. The first-order chi connectivity index (χ1) is 11.9. The van der Waals surface area contributed by atoms with E-state index >= 15 is 0 Å². The molecule has 1 aromatic rings. The minimum Gasteiger partial charge on any atom is -0.405 e. The van der Waals surface area contributed by atoms with Crippen molar-refractivity contribution in [3.63, 3.8) is 0 Å². The average molecular weight is 487 g/mol. The van der Waals surface area contributed by atoms with Gasteiger partial charge in [0.25, 0.3) is 0 Å². The molecular weight excluding hydrogens is 462 g/mol. The molecule has 2 unspecified atom stereocenters. The van der Waals surface area contributed by atoms with Gasteiger partial charge in [-0.2, -0.15) is 0 Å². The van der Waals surface area contributed by atoms with Crippen LogP contribution >= 0.6 is 24.0 Å². The topological polar surface area (TPSA) is 54.9 Å². The monoisotopic (exact) mass is 487 g/mol. The van der Waals surface area contributed by atoms with Gasteiger partial charge in [0.1, 0.15) is 5.75 Å². The summed E-state index contributed by atoms with van der Waals surface area (Å²) in [6.45, 7) is 4.02. The molecule has 2 atom stereocenters. The molecule has 0 radical (unpaired) electrons. The van der Waals surface area contributed by atoms with E-state index in [1.807, 2.05) is 6.92 Å². The number of nitrogens with zero attached hydrogens (tertiary/aromatic N) is 1. The van der Waals surface area contributed by atoms with Crippen LogP contribution in [-0.2, 0) is 4.74 Å². The molecule has 0 aromatic heterocycles. The zero-order valence-electron chi connectivity index (χ0n) is 14.8. The molecule has 2 rings (SSSR count). The first-order valence-electron chi connectivity index (χ1n) is 8.34. The molecule has 0 bridgehead atoms. The Kier molecular flexibility index (Phi) is 9.48. The molecule has 148 valence electrons. The average Bonchev–Trinajstić information content (AvgIpc) is 3.31. The third-order valence-electron chi connectivity index (χ3n) is 3.84. The Balaban J connectivity index is 0.00000338. The fourth-order valence-corrected chi connectivity index (χ4v) is 2.60. The second kappa shape index (κ2) is 10.8. The van der Waals surface area contributed by atoms with Gasteiger partial charge in [0.15, 0.2) is 5.96 Å². The SMILES string of the molecule is CCOCCCNC(=NC)NC1CC1c1ccccc1OC(F)(F)F.I. The van der Waals surface area contributed by atoms with Crippen LogP contribution in [0.4, 0.5) is 13.2 Å². The molecule has 0 aliphatic heterocycles. The minimum atomic E-state index is -4.69. The van der Waals surface area contributed by atoms with Gasteiger partial charge in [0.05, 0.1) is 0 Å². The maximum atomic E-state index is 12.5. The van der Waals surface area contributed by atoms with E-state index < -0.39 is 6.36 Å². The number of halogens is 4. The lowest BCUT2D eigenvalue weighted by Crippen LogP contribution is -2.39. The molecule has 1 aliphatic rings. The quantitative estimate of drug-likeness (QED) is 0.255. The van der Waals surface area contributed by atoms with E-state index in [4.69, 9.17) is 4.74 Å². The zero-order valence-corrected chi connectivity index (χ0v) is 17.1. The second-order valence-corrected chi connectivity index (χ2v) is 5.73. The van der Waals surface area contributed by atoms with Crippen LogP contribution in [-0.4, -0.2) is 45.2 Å². The Morgan fingerprint density at radius 2 is 2.04 bits per heavy atom. The maximum Gasteiger partial charge on any atom is 0.573 e. The third kappa shape index (κ3) is 7.56. The van der Waals surface area contributed by atoms with E-state index in [0.717, 1.165) is 12.8 Å². The summed E-state index contributed by atoms with van der Waals surface area (Å²) in [7, 11) is 1.66. The minimum absolute atomic E-state index is 0. The number of benzene rings is 1. The predicted octanol–water partition coefficient (Wildman–Crippen LogP) is 3.65. The van der Waals surface area contributed by atoms with Crippen molar-refractivity contribution in [2.75, 3.05) is 26.8 Å². The molecule has 1 fully saturated rings. The highest BCUT2D eigenvalue weighted by atomic mass is 127. The molecule has 9 heteroatoms. The van der Waals surface area contributed by atoms with Crippen LogP contribution in [0.2, 0.25) is 0 Å². The molecule has 0 amide bonds. The number of ether oxygens (including phenoxy) is 2. The molecule has 0 saturated heterocycles. The van der Waals surface area contributed by atoms with E-state index in [1.165, 1.54) is 12.1 Å². The van der Waals surface area contributed by atoms with E-state index in [1.54, 1.807) is 19.2 Å². The van der Waals surface area contributed by atoms with Gasteiger partial charge < -0.3 is 20.1 Å². The normalized spacial score (nSPS) is 19.5. The van der Waals surface area contributed by atoms with Crippen LogP contribution in [0.5, 0.6) is 5.75 Å². The number of hydrogen-bond donors (Lipinski definition) is 2. The number of hydrogen-bond acceptors (Lipinski definition) is 3. The van der Waals surface area contributed by atoms with Crippen molar-refractivity contribution in [1.82, 2.24) is 10.6 Å². The summed E-state index contributed by atoms with van der Waals surface area (Å²) >= 11 is 0. The Bertz CT molecular complexity index is 585. The van der Waals surface area contributed by atoms with E-state index in [-0.39, 0.29) is 41.7 Å². The number of nitrogens with one attached hydrogen (secondary N) is 2. The van der Waals surface area contributed by atoms with Gasteiger partial charge in [-0.15, -0.1) is 37.1 Å². The molecule has 2 N–H and O–H groups in total. The van der Waals surface area contributed by atoms with Crippen LogP contribution in [0.3, 0.4) is 0 Å². The van der Waals surface area contributed by atoms with Crippen molar-refractivity contribution in [2.45, 2.75) is 38.1 Å². The highest BCUT2D eigenvalue weighted by molar-refractivity contribution is 14.0. The molecule has 0 heterocycles. The van der Waals surface area contributed by atoms with Gasteiger partial charge in [-0.25, -0.2) is 0 Å². The molecule has 1 saturated carbocycles. The zero-order chi connectivity index (χ0) is 18.3. The summed E-state index contributed by atoms with van der Waals surface area (Å²) < 4.78 is 46.9. The lowest BCUT2D eigenvalue weighted by Gasteiger charge is -2.14. The smallest absolute Gasteiger partial charge is 0.405 e.